The van der Waals surface area contributed by atoms with Gasteiger partial charge in [0.25, 0.3) is 0 Å². The SMILES string of the molecule is OC(CCl)CNC(O)C(O)O. The molecule has 0 heterocycles. The second kappa shape index (κ2) is 5.70. The smallest absolute Gasteiger partial charge is 0.192 e. The van der Waals surface area contributed by atoms with Gasteiger partial charge in [-0.2, -0.15) is 0 Å². The molecule has 0 fully saturated rings. The number of alkyl halides is 1. The van der Waals surface area contributed by atoms with E-state index in [1.54, 1.807) is 0 Å². The summed E-state index contributed by atoms with van der Waals surface area (Å²) in [6.45, 7) is 0.0162. The van der Waals surface area contributed by atoms with E-state index in [-0.39, 0.29) is 12.4 Å². The summed E-state index contributed by atoms with van der Waals surface area (Å²) in [5.41, 5.74) is 0. The highest BCUT2D eigenvalue weighted by Crippen LogP contribution is 1.88. The zero-order chi connectivity index (χ0) is 8.85. The Labute approximate surface area is 69.2 Å². The third-order valence-corrected chi connectivity index (χ3v) is 1.38. The van der Waals surface area contributed by atoms with Crippen LogP contribution in [0.1, 0.15) is 0 Å². The highest BCUT2D eigenvalue weighted by molar-refractivity contribution is 6.18. The number of aliphatic hydroxyl groups excluding tert-OH is 3. The molecule has 0 aliphatic carbocycles. The Bertz CT molecular complexity index is 102. The molecule has 0 spiro atoms. The van der Waals surface area contributed by atoms with Crippen molar-refractivity contribution in [2.45, 2.75) is 18.6 Å². The first-order chi connectivity index (χ1) is 5.07. The van der Waals surface area contributed by atoms with Gasteiger partial charge in [0, 0.05) is 12.4 Å². The monoisotopic (exact) mass is 185 g/mol. The van der Waals surface area contributed by atoms with Crippen molar-refractivity contribution in [3.8, 4) is 0 Å². The maximum absolute atomic E-state index is 8.82. The summed E-state index contributed by atoms with van der Waals surface area (Å²) in [5, 5.41) is 36.4. The van der Waals surface area contributed by atoms with E-state index in [9.17, 15) is 0 Å². The molecule has 11 heavy (non-hydrogen) atoms. The highest BCUT2D eigenvalue weighted by atomic mass is 35.5. The van der Waals surface area contributed by atoms with Crippen molar-refractivity contribution in [1.82, 2.24) is 5.32 Å². The molecular formula is C5H12ClNO4. The van der Waals surface area contributed by atoms with Crippen LogP contribution in [0.25, 0.3) is 0 Å². The fourth-order valence-electron chi connectivity index (χ4n) is 0.417. The Hall–Kier alpha value is 0.0900. The summed E-state index contributed by atoms with van der Waals surface area (Å²) in [6, 6.07) is 0. The number of hydrogen-bond acceptors (Lipinski definition) is 5. The fourth-order valence-corrected chi connectivity index (χ4v) is 0.526. The minimum absolute atomic E-state index is 0.0162. The maximum Gasteiger partial charge on any atom is 0.192 e. The van der Waals surface area contributed by atoms with Crippen LogP contribution in [0, 0.1) is 0 Å². The molecule has 68 valence electrons. The molecule has 0 saturated carbocycles. The van der Waals surface area contributed by atoms with Crippen LogP contribution in [0.5, 0.6) is 0 Å². The predicted molar refractivity (Wildman–Crippen MR) is 39.0 cm³/mol. The van der Waals surface area contributed by atoms with Crippen molar-refractivity contribution >= 4 is 11.6 Å². The third kappa shape index (κ3) is 5.37. The van der Waals surface area contributed by atoms with Crippen molar-refractivity contribution in [2.75, 3.05) is 12.4 Å². The lowest BCUT2D eigenvalue weighted by atomic mass is 10.4. The zero-order valence-corrected chi connectivity index (χ0v) is 6.57. The standard InChI is InChI=1S/C5H12ClNO4/c6-1-3(8)2-7-4(9)5(10)11/h3-5,7-11H,1-2H2. The van der Waals surface area contributed by atoms with Gasteiger partial charge in [0.05, 0.1) is 6.10 Å². The van der Waals surface area contributed by atoms with Crippen molar-refractivity contribution in [3.05, 3.63) is 0 Å². The van der Waals surface area contributed by atoms with Crippen LogP contribution in [-0.4, -0.2) is 51.5 Å². The number of aliphatic hydroxyl groups is 4. The fraction of sp³-hybridized carbons (Fsp3) is 1.00. The lowest BCUT2D eigenvalue weighted by Gasteiger charge is -2.15. The first-order valence-corrected chi connectivity index (χ1v) is 3.63. The van der Waals surface area contributed by atoms with Gasteiger partial charge in [-0.05, 0) is 0 Å². The molecule has 0 bridgehead atoms. The van der Waals surface area contributed by atoms with Gasteiger partial charge in [-0.3, -0.25) is 5.32 Å². The van der Waals surface area contributed by atoms with E-state index in [4.69, 9.17) is 32.0 Å². The van der Waals surface area contributed by atoms with E-state index in [0.717, 1.165) is 0 Å². The van der Waals surface area contributed by atoms with Gasteiger partial charge in [-0.25, -0.2) is 0 Å². The lowest BCUT2D eigenvalue weighted by molar-refractivity contribution is -0.134. The quantitative estimate of drug-likeness (QED) is 0.248. The minimum Gasteiger partial charge on any atom is -0.391 e. The van der Waals surface area contributed by atoms with Gasteiger partial charge >= 0.3 is 0 Å². The Kier molecular flexibility index (Phi) is 5.75. The van der Waals surface area contributed by atoms with Crippen LogP contribution in [0.2, 0.25) is 0 Å². The molecule has 0 aliphatic rings. The normalized spacial score (nSPS) is 16.9. The maximum atomic E-state index is 8.82. The molecule has 6 heteroatoms. The Morgan fingerprint density at radius 3 is 2.09 bits per heavy atom. The molecule has 0 amide bonds. The molecule has 0 aliphatic heterocycles. The first kappa shape index (κ1) is 11.1. The minimum atomic E-state index is -1.85. The van der Waals surface area contributed by atoms with Crippen LogP contribution in [0.15, 0.2) is 0 Å². The topological polar surface area (TPSA) is 93.0 Å². The van der Waals surface area contributed by atoms with Crippen molar-refractivity contribution in [2.24, 2.45) is 0 Å². The van der Waals surface area contributed by atoms with Gasteiger partial charge in [0.2, 0.25) is 0 Å². The van der Waals surface area contributed by atoms with Crippen LogP contribution in [-0.2, 0) is 0 Å². The Morgan fingerprint density at radius 1 is 1.18 bits per heavy atom. The molecule has 5 nitrogen and oxygen atoms in total. The van der Waals surface area contributed by atoms with Crippen LogP contribution < -0.4 is 5.32 Å². The molecule has 0 aromatic carbocycles. The molecule has 0 aromatic rings. The molecule has 0 rings (SSSR count). The number of halogens is 1. The summed E-state index contributed by atoms with van der Waals surface area (Å²) in [4.78, 5) is 0. The Morgan fingerprint density at radius 2 is 1.73 bits per heavy atom. The zero-order valence-electron chi connectivity index (χ0n) is 5.81. The number of rotatable bonds is 5. The second-order valence-electron chi connectivity index (χ2n) is 2.07. The van der Waals surface area contributed by atoms with Crippen LogP contribution in [0.4, 0.5) is 0 Å². The third-order valence-electron chi connectivity index (χ3n) is 1.02. The number of nitrogens with one attached hydrogen (secondary N) is 1. The van der Waals surface area contributed by atoms with Gasteiger partial charge in [0.15, 0.2) is 12.5 Å². The summed E-state index contributed by atoms with van der Waals surface area (Å²) < 4.78 is 0. The van der Waals surface area contributed by atoms with Gasteiger partial charge in [-0.15, -0.1) is 11.6 Å². The van der Waals surface area contributed by atoms with Gasteiger partial charge < -0.3 is 20.4 Å². The average Bonchev–Trinajstić information content (AvgIpc) is 1.99. The lowest BCUT2D eigenvalue weighted by Crippen LogP contribution is -2.43. The van der Waals surface area contributed by atoms with E-state index >= 15 is 0 Å². The first-order valence-electron chi connectivity index (χ1n) is 3.09. The highest BCUT2D eigenvalue weighted by Gasteiger charge is 2.12. The number of hydrogen-bond donors (Lipinski definition) is 5. The largest absolute Gasteiger partial charge is 0.391 e. The van der Waals surface area contributed by atoms with Gasteiger partial charge in [0.1, 0.15) is 0 Å². The predicted octanol–water partition coefficient (Wildman–Crippen LogP) is -2.20. The summed E-state index contributed by atoms with van der Waals surface area (Å²) in [5.74, 6) is 0.0290. The molecule has 0 aromatic heterocycles. The summed E-state index contributed by atoms with van der Waals surface area (Å²) in [6.07, 6.45) is -4.10. The van der Waals surface area contributed by atoms with Crippen molar-refractivity contribution in [1.29, 1.82) is 0 Å². The van der Waals surface area contributed by atoms with E-state index in [1.165, 1.54) is 0 Å². The Balaban J connectivity index is 3.37. The average molecular weight is 186 g/mol. The van der Waals surface area contributed by atoms with Crippen LogP contribution >= 0.6 is 11.6 Å². The summed E-state index contributed by atoms with van der Waals surface area (Å²) >= 11 is 5.22. The molecular weight excluding hydrogens is 174 g/mol. The molecule has 2 unspecified atom stereocenters. The van der Waals surface area contributed by atoms with E-state index in [2.05, 4.69) is 5.32 Å². The van der Waals surface area contributed by atoms with E-state index in [1.807, 2.05) is 0 Å². The van der Waals surface area contributed by atoms with Crippen molar-refractivity contribution < 1.29 is 20.4 Å². The molecule has 0 radical (unpaired) electrons. The molecule has 2 atom stereocenters. The second-order valence-corrected chi connectivity index (χ2v) is 2.38. The van der Waals surface area contributed by atoms with Crippen LogP contribution in [0.3, 0.4) is 0 Å². The summed E-state index contributed by atoms with van der Waals surface area (Å²) in [7, 11) is 0. The van der Waals surface area contributed by atoms with Gasteiger partial charge in [-0.1, -0.05) is 0 Å². The van der Waals surface area contributed by atoms with E-state index < -0.39 is 18.6 Å². The van der Waals surface area contributed by atoms with Crippen molar-refractivity contribution in [3.63, 3.8) is 0 Å². The van der Waals surface area contributed by atoms with E-state index in [0.29, 0.717) is 0 Å². The molecule has 5 N–H and O–H groups in total. The molecule has 0 saturated heterocycles.